The van der Waals surface area contributed by atoms with Crippen LogP contribution in [0.15, 0.2) is 164 Å². The summed E-state index contributed by atoms with van der Waals surface area (Å²) in [6.45, 7) is 0. The summed E-state index contributed by atoms with van der Waals surface area (Å²) in [6.07, 6.45) is 10.4. The molecule has 52 heavy (non-hydrogen) atoms. The van der Waals surface area contributed by atoms with E-state index in [0.717, 1.165) is 53.8 Å². The average Bonchev–Trinajstić information content (AvgIpc) is 3.22. The minimum absolute atomic E-state index is 0.661. The van der Waals surface area contributed by atoms with Crippen LogP contribution in [-0.2, 0) is 12.8 Å². The van der Waals surface area contributed by atoms with Gasteiger partial charge in [0, 0.05) is 63.7 Å². The summed E-state index contributed by atoms with van der Waals surface area (Å²) in [5.74, 6) is 2.02. The molecule has 0 radical (unpaired) electrons. The fourth-order valence-electron chi connectivity index (χ4n) is 7.80. The number of allylic oxidation sites excluding steroid dienone is 4. The number of hydrogen-bond acceptors (Lipinski definition) is 5. The summed E-state index contributed by atoms with van der Waals surface area (Å²) in [5, 5.41) is 0. The molecular weight excluding hydrogens is 635 g/mol. The summed E-state index contributed by atoms with van der Waals surface area (Å²) < 4.78 is 0. The number of anilines is 6. The van der Waals surface area contributed by atoms with Gasteiger partial charge in [-0.15, -0.1) is 0 Å². The van der Waals surface area contributed by atoms with Crippen molar-refractivity contribution < 1.29 is 0 Å². The monoisotopic (exact) mass is 669 g/mol. The molecular formula is C47H35N5. The molecule has 0 fully saturated rings. The van der Waals surface area contributed by atoms with E-state index < -0.39 is 0 Å². The second-order valence-corrected chi connectivity index (χ2v) is 13.6. The molecule has 3 heterocycles. The van der Waals surface area contributed by atoms with Crippen LogP contribution in [-0.4, -0.2) is 15.0 Å². The summed E-state index contributed by atoms with van der Waals surface area (Å²) in [6, 6.07) is 52.0. The van der Waals surface area contributed by atoms with Crippen LogP contribution in [0.3, 0.4) is 0 Å². The first-order chi connectivity index (χ1) is 25.8. The molecule has 1 aromatic heterocycles. The van der Waals surface area contributed by atoms with E-state index in [-0.39, 0.29) is 0 Å². The molecule has 0 saturated carbocycles. The van der Waals surface area contributed by atoms with Crippen LogP contribution in [0.4, 0.5) is 34.1 Å². The lowest BCUT2D eigenvalue weighted by atomic mass is 9.95. The Morgan fingerprint density at radius 2 is 0.769 bits per heavy atom. The van der Waals surface area contributed by atoms with Crippen LogP contribution in [0.1, 0.15) is 40.9 Å². The van der Waals surface area contributed by atoms with Crippen LogP contribution in [0.5, 0.6) is 0 Å². The Morgan fingerprint density at radius 1 is 0.385 bits per heavy atom. The smallest absolute Gasteiger partial charge is 0.164 e. The van der Waals surface area contributed by atoms with Crippen molar-refractivity contribution >= 4 is 39.7 Å². The molecule has 3 aliphatic rings. The molecule has 7 aromatic rings. The first-order valence-electron chi connectivity index (χ1n) is 18.0. The highest BCUT2D eigenvalue weighted by molar-refractivity contribution is 5.86. The Kier molecular flexibility index (Phi) is 7.35. The maximum atomic E-state index is 5.10. The Labute approximate surface area is 303 Å². The average molecular weight is 670 g/mol. The third-order valence-electron chi connectivity index (χ3n) is 10.3. The van der Waals surface area contributed by atoms with Crippen molar-refractivity contribution in [1.82, 2.24) is 15.0 Å². The lowest BCUT2D eigenvalue weighted by Gasteiger charge is -2.33. The second kappa shape index (κ2) is 12.6. The van der Waals surface area contributed by atoms with Crippen molar-refractivity contribution in [3.05, 3.63) is 192 Å². The minimum atomic E-state index is 0.661. The zero-order valence-corrected chi connectivity index (χ0v) is 28.7. The fraction of sp³-hybridized carbons (Fsp3) is 0.0851. The molecule has 2 aliphatic heterocycles. The van der Waals surface area contributed by atoms with Gasteiger partial charge >= 0.3 is 0 Å². The minimum Gasteiger partial charge on any atom is -0.310 e. The second-order valence-electron chi connectivity index (χ2n) is 13.6. The van der Waals surface area contributed by atoms with Gasteiger partial charge in [0.15, 0.2) is 17.5 Å². The fourth-order valence-corrected chi connectivity index (χ4v) is 7.80. The van der Waals surface area contributed by atoms with E-state index in [2.05, 4.69) is 174 Å². The van der Waals surface area contributed by atoms with E-state index in [1.807, 2.05) is 0 Å². The van der Waals surface area contributed by atoms with Crippen molar-refractivity contribution in [3.8, 4) is 22.8 Å². The molecule has 0 bridgehead atoms. The van der Waals surface area contributed by atoms with Crippen molar-refractivity contribution in [2.45, 2.75) is 25.7 Å². The Hall–Kier alpha value is -6.59. The summed E-state index contributed by atoms with van der Waals surface area (Å²) >= 11 is 0. The van der Waals surface area contributed by atoms with Crippen molar-refractivity contribution in [2.24, 2.45) is 0 Å². The standard InChI is InChI=1S/C47H35N5/c1-2-12-32(13-3-1)45-48-46(33-22-26-39(27-23-33)51-41-18-8-4-14-35(41)30-36-15-5-9-19-42(36)51)50-47(49-45)34-24-28-40(29-25-34)52-43-20-10-6-16-37(43)31-38-17-7-11-21-44(38)52/h2,4-29H,1,3,30-31H2. The van der Waals surface area contributed by atoms with Crippen molar-refractivity contribution in [2.75, 3.05) is 9.80 Å². The van der Waals surface area contributed by atoms with E-state index in [1.165, 1.54) is 45.0 Å². The number of rotatable bonds is 5. The molecule has 0 spiro atoms. The van der Waals surface area contributed by atoms with Gasteiger partial charge in [0.2, 0.25) is 0 Å². The third kappa shape index (κ3) is 5.30. The number of benzene rings is 6. The lowest BCUT2D eigenvalue weighted by Crippen LogP contribution is -2.18. The Bertz CT molecular complexity index is 2280. The maximum Gasteiger partial charge on any atom is 0.164 e. The van der Waals surface area contributed by atoms with Gasteiger partial charge in [-0.3, -0.25) is 0 Å². The van der Waals surface area contributed by atoms with Crippen LogP contribution >= 0.6 is 0 Å². The number of nitrogens with zero attached hydrogens (tertiary/aromatic N) is 5. The summed E-state index contributed by atoms with van der Waals surface area (Å²) in [7, 11) is 0. The molecule has 5 nitrogen and oxygen atoms in total. The SMILES string of the molecule is C1=CC(c2nc(-c3ccc(N4c5ccccc5Cc5ccccc54)cc3)nc(-c3ccc(N4c5ccccc5Cc5ccccc54)cc3)n2)=CCC1. The molecule has 10 rings (SSSR count). The third-order valence-corrected chi connectivity index (χ3v) is 10.3. The number of para-hydroxylation sites is 4. The predicted molar refractivity (Wildman–Crippen MR) is 212 cm³/mol. The van der Waals surface area contributed by atoms with E-state index in [4.69, 9.17) is 15.0 Å². The topological polar surface area (TPSA) is 45.2 Å². The molecule has 248 valence electrons. The lowest BCUT2D eigenvalue weighted by molar-refractivity contribution is 1.01. The molecule has 0 unspecified atom stereocenters. The zero-order chi connectivity index (χ0) is 34.4. The van der Waals surface area contributed by atoms with Gasteiger partial charge in [-0.2, -0.15) is 0 Å². The zero-order valence-electron chi connectivity index (χ0n) is 28.7. The van der Waals surface area contributed by atoms with E-state index in [9.17, 15) is 0 Å². The first-order valence-corrected chi connectivity index (χ1v) is 18.0. The van der Waals surface area contributed by atoms with Gasteiger partial charge < -0.3 is 9.80 Å². The van der Waals surface area contributed by atoms with Gasteiger partial charge in [0.05, 0.1) is 0 Å². The summed E-state index contributed by atoms with van der Waals surface area (Å²) in [5.41, 5.74) is 15.3. The number of hydrogen-bond donors (Lipinski definition) is 0. The number of aromatic nitrogens is 3. The maximum absolute atomic E-state index is 5.10. The molecule has 0 amide bonds. The Balaban J connectivity index is 1.03. The van der Waals surface area contributed by atoms with E-state index in [1.54, 1.807) is 0 Å². The molecule has 5 heteroatoms. The molecule has 1 aliphatic carbocycles. The molecule has 0 atom stereocenters. The normalized spacial score (nSPS) is 14.2. The quantitative estimate of drug-likeness (QED) is 0.182. The van der Waals surface area contributed by atoms with Crippen LogP contribution < -0.4 is 9.80 Å². The van der Waals surface area contributed by atoms with Gasteiger partial charge in [0.1, 0.15) is 0 Å². The van der Waals surface area contributed by atoms with Crippen LogP contribution in [0.2, 0.25) is 0 Å². The molecule has 0 saturated heterocycles. The van der Waals surface area contributed by atoms with Gasteiger partial charge in [-0.1, -0.05) is 91.0 Å². The molecule has 0 N–H and O–H groups in total. The molecule has 6 aromatic carbocycles. The summed E-state index contributed by atoms with van der Waals surface area (Å²) in [4.78, 5) is 19.9. The van der Waals surface area contributed by atoms with E-state index in [0.29, 0.717) is 17.5 Å². The van der Waals surface area contributed by atoms with Crippen molar-refractivity contribution in [3.63, 3.8) is 0 Å². The largest absolute Gasteiger partial charge is 0.310 e. The highest BCUT2D eigenvalue weighted by atomic mass is 15.2. The van der Waals surface area contributed by atoms with Gasteiger partial charge in [0.25, 0.3) is 0 Å². The van der Waals surface area contributed by atoms with Gasteiger partial charge in [-0.05, 0) is 108 Å². The van der Waals surface area contributed by atoms with E-state index >= 15 is 0 Å². The predicted octanol–water partition coefficient (Wildman–Crippen LogP) is 11.7. The van der Waals surface area contributed by atoms with Gasteiger partial charge in [-0.25, -0.2) is 15.0 Å². The first kappa shape index (κ1) is 30.3. The highest BCUT2D eigenvalue weighted by Crippen LogP contribution is 2.45. The Morgan fingerprint density at radius 3 is 1.15 bits per heavy atom. The van der Waals surface area contributed by atoms with Crippen LogP contribution in [0, 0.1) is 0 Å². The van der Waals surface area contributed by atoms with Crippen LogP contribution in [0.25, 0.3) is 28.3 Å². The highest BCUT2D eigenvalue weighted by Gasteiger charge is 2.25. The number of fused-ring (bicyclic) bond motifs is 4. The van der Waals surface area contributed by atoms with Crippen molar-refractivity contribution in [1.29, 1.82) is 0 Å².